The molecule has 0 spiro atoms. The van der Waals surface area contributed by atoms with Gasteiger partial charge in [-0.1, -0.05) is 20.8 Å². The van der Waals surface area contributed by atoms with Crippen LogP contribution in [-0.4, -0.2) is 53.5 Å². The van der Waals surface area contributed by atoms with E-state index in [0.717, 1.165) is 23.0 Å². The number of hydrogen-bond donors (Lipinski definition) is 3. The number of nitrogens with one attached hydrogen (secondary N) is 1. The third-order valence-electron chi connectivity index (χ3n) is 3.07. The van der Waals surface area contributed by atoms with E-state index in [2.05, 4.69) is 36.1 Å². The normalized spacial score (nSPS) is 11.6. The summed E-state index contributed by atoms with van der Waals surface area (Å²) in [6.07, 6.45) is 0. The lowest BCUT2D eigenvalue weighted by Gasteiger charge is -2.27. The zero-order valence-corrected chi connectivity index (χ0v) is 13.1. The fourth-order valence-electron chi connectivity index (χ4n) is 1.96. The van der Waals surface area contributed by atoms with E-state index in [1.54, 1.807) is 0 Å². The second kappa shape index (κ2) is 6.85. The van der Waals surface area contributed by atoms with Crippen LogP contribution in [0.25, 0.3) is 0 Å². The van der Waals surface area contributed by atoms with E-state index in [9.17, 15) is 10.2 Å². The van der Waals surface area contributed by atoms with Gasteiger partial charge >= 0.3 is 0 Å². The molecule has 0 bridgehead atoms. The van der Waals surface area contributed by atoms with E-state index < -0.39 is 0 Å². The van der Waals surface area contributed by atoms with E-state index in [4.69, 9.17) is 0 Å². The molecular formula is C14H26N4O2. The first kappa shape index (κ1) is 16.7. The van der Waals surface area contributed by atoms with Crippen molar-refractivity contribution in [3.8, 4) is 0 Å². The van der Waals surface area contributed by atoms with Crippen LogP contribution in [0.15, 0.2) is 0 Å². The highest BCUT2D eigenvalue weighted by atomic mass is 16.3. The Hall–Kier alpha value is -1.40. The maximum Gasteiger partial charge on any atom is 0.138 e. The predicted octanol–water partition coefficient (Wildman–Crippen LogP) is 0.915. The van der Waals surface area contributed by atoms with Crippen molar-refractivity contribution in [1.29, 1.82) is 0 Å². The molecule has 0 amide bonds. The van der Waals surface area contributed by atoms with Crippen LogP contribution in [0.3, 0.4) is 0 Å². The second-order valence-corrected chi connectivity index (χ2v) is 5.78. The molecular weight excluding hydrogens is 256 g/mol. The predicted molar refractivity (Wildman–Crippen MR) is 81.4 cm³/mol. The molecule has 1 rings (SSSR count). The molecule has 1 aromatic rings. The number of aromatic nitrogens is 2. The highest BCUT2D eigenvalue weighted by Crippen LogP contribution is 2.28. The van der Waals surface area contributed by atoms with Crippen molar-refractivity contribution >= 4 is 11.6 Å². The summed E-state index contributed by atoms with van der Waals surface area (Å²) >= 11 is 0. The molecule has 114 valence electrons. The van der Waals surface area contributed by atoms with Gasteiger partial charge in [0, 0.05) is 31.1 Å². The van der Waals surface area contributed by atoms with E-state index in [-0.39, 0.29) is 18.6 Å². The Labute approximate surface area is 120 Å². The molecule has 0 aliphatic heterocycles. The number of aliphatic hydroxyl groups excluding tert-OH is 2. The molecule has 0 aliphatic rings. The van der Waals surface area contributed by atoms with Crippen LogP contribution >= 0.6 is 0 Å². The smallest absolute Gasteiger partial charge is 0.138 e. The molecule has 0 saturated carbocycles. The lowest BCUT2D eigenvalue weighted by molar-refractivity contribution is 0.280. The molecule has 6 heteroatoms. The molecule has 0 radical (unpaired) electrons. The van der Waals surface area contributed by atoms with Gasteiger partial charge < -0.3 is 20.4 Å². The number of aliphatic hydroxyl groups is 2. The topological polar surface area (TPSA) is 81.5 Å². The highest BCUT2D eigenvalue weighted by molar-refractivity contribution is 5.58. The largest absolute Gasteiger partial charge is 0.395 e. The van der Waals surface area contributed by atoms with Crippen molar-refractivity contribution in [3.05, 3.63) is 11.4 Å². The first-order valence-corrected chi connectivity index (χ1v) is 6.88. The van der Waals surface area contributed by atoms with Crippen LogP contribution in [0.1, 0.15) is 32.2 Å². The van der Waals surface area contributed by atoms with Crippen molar-refractivity contribution in [2.75, 3.05) is 43.6 Å². The molecule has 1 heterocycles. The van der Waals surface area contributed by atoms with Gasteiger partial charge in [0.05, 0.1) is 13.2 Å². The lowest BCUT2D eigenvalue weighted by atomic mass is 9.95. The van der Waals surface area contributed by atoms with Crippen LogP contribution in [0.5, 0.6) is 0 Å². The number of anilines is 2. The van der Waals surface area contributed by atoms with Gasteiger partial charge in [0.15, 0.2) is 0 Å². The summed E-state index contributed by atoms with van der Waals surface area (Å²) < 4.78 is 0. The Morgan fingerprint density at radius 3 is 2.05 bits per heavy atom. The number of rotatable bonds is 6. The maximum absolute atomic E-state index is 9.19. The van der Waals surface area contributed by atoms with Crippen molar-refractivity contribution in [2.24, 2.45) is 0 Å². The van der Waals surface area contributed by atoms with Crippen molar-refractivity contribution in [2.45, 2.75) is 33.1 Å². The number of nitrogens with zero attached hydrogens (tertiary/aromatic N) is 3. The first-order valence-electron chi connectivity index (χ1n) is 6.88. The maximum atomic E-state index is 9.19. The molecule has 0 saturated heterocycles. The van der Waals surface area contributed by atoms with Crippen molar-refractivity contribution in [1.82, 2.24) is 9.97 Å². The van der Waals surface area contributed by atoms with Crippen LogP contribution in [0.2, 0.25) is 0 Å². The quantitative estimate of drug-likeness (QED) is 0.720. The summed E-state index contributed by atoms with van der Waals surface area (Å²) in [5.41, 5.74) is 0.750. The van der Waals surface area contributed by atoms with Gasteiger partial charge in [0.2, 0.25) is 0 Å². The molecule has 0 fully saturated rings. The van der Waals surface area contributed by atoms with Crippen LogP contribution in [-0.2, 0) is 5.41 Å². The third-order valence-corrected chi connectivity index (χ3v) is 3.07. The summed E-state index contributed by atoms with van der Waals surface area (Å²) in [6.45, 7) is 9.02. The standard InChI is InChI=1S/C14H26N4O2/c1-10-11(15-5)16-13(14(2,3)4)17-12(10)18(6-8-19)7-9-20/h19-20H,6-9H2,1-5H3,(H,15,16,17). The minimum absolute atomic E-state index is 0.0170. The molecule has 0 unspecified atom stereocenters. The van der Waals surface area contributed by atoms with Gasteiger partial charge in [-0.2, -0.15) is 0 Å². The molecule has 20 heavy (non-hydrogen) atoms. The second-order valence-electron chi connectivity index (χ2n) is 5.78. The minimum Gasteiger partial charge on any atom is -0.395 e. The Morgan fingerprint density at radius 1 is 1.10 bits per heavy atom. The van der Waals surface area contributed by atoms with Gasteiger partial charge in [-0.05, 0) is 6.92 Å². The Kier molecular flexibility index (Phi) is 5.71. The van der Waals surface area contributed by atoms with Crippen LogP contribution in [0.4, 0.5) is 11.6 Å². The van der Waals surface area contributed by atoms with Gasteiger partial charge in [-0.3, -0.25) is 0 Å². The molecule has 0 aliphatic carbocycles. The minimum atomic E-state index is -0.169. The van der Waals surface area contributed by atoms with E-state index >= 15 is 0 Å². The van der Waals surface area contributed by atoms with E-state index in [1.165, 1.54) is 0 Å². The third kappa shape index (κ3) is 3.80. The zero-order valence-electron chi connectivity index (χ0n) is 13.1. The summed E-state index contributed by atoms with van der Waals surface area (Å²) in [6, 6.07) is 0. The van der Waals surface area contributed by atoms with Crippen LogP contribution < -0.4 is 10.2 Å². The molecule has 0 aromatic carbocycles. The summed E-state index contributed by atoms with van der Waals surface area (Å²) in [5, 5.41) is 21.5. The average molecular weight is 282 g/mol. The van der Waals surface area contributed by atoms with E-state index in [0.29, 0.717) is 13.1 Å². The van der Waals surface area contributed by atoms with Gasteiger partial charge in [-0.25, -0.2) is 9.97 Å². The number of hydrogen-bond acceptors (Lipinski definition) is 6. The summed E-state index contributed by atoms with van der Waals surface area (Å²) in [5.74, 6) is 2.28. The molecule has 3 N–H and O–H groups in total. The highest BCUT2D eigenvalue weighted by Gasteiger charge is 2.22. The summed E-state index contributed by atoms with van der Waals surface area (Å²) in [7, 11) is 1.83. The molecule has 1 aromatic heterocycles. The van der Waals surface area contributed by atoms with E-state index in [1.807, 2.05) is 18.9 Å². The van der Waals surface area contributed by atoms with Crippen molar-refractivity contribution in [3.63, 3.8) is 0 Å². The molecule has 6 nitrogen and oxygen atoms in total. The fraction of sp³-hybridized carbons (Fsp3) is 0.714. The first-order chi connectivity index (χ1) is 9.35. The monoisotopic (exact) mass is 282 g/mol. The van der Waals surface area contributed by atoms with Crippen LogP contribution in [0, 0.1) is 6.92 Å². The SMILES string of the molecule is CNc1nc(C(C)(C)C)nc(N(CCO)CCO)c1C. The Morgan fingerprint density at radius 2 is 1.65 bits per heavy atom. The van der Waals surface area contributed by atoms with Gasteiger partial charge in [-0.15, -0.1) is 0 Å². The average Bonchev–Trinajstić information content (AvgIpc) is 2.37. The van der Waals surface area contributed by atoms with Gasteiger partial charge in [0.1, 0.15) is 17.5 Å². The van der Waals surface area contributed by atoms with Gasteiger partial charge in [0.25, 0.3) is 0 Å². The Bertz CT molecular complexity index is 438. The fourth-order valence-corrected chi connectivity index (χ4v) is 1.96. The Balaban J connectivity index is 3.34. The van der Waals surface area contributed by atoms with Crippen molar-refractivity contribution < 1.29 is 10.2 Å². The molecule has 0 atom stereocenters. The summed E-state index contributed by atoms with van der Waals surface area (Å²) in [4.78, 5) is 11.1. The lowest BCUT2D eigenvalue weighted by Crippen LogP contribution is -2.32. The zero-order chi connectivity index (χ0) is 15.3.